The minimum atomic E-state index is -0.161. The zero-order valence-electron chi connectivity index (χ0n) is 10.7. The SMILES string of the molecule is CCC(CO)NC(=O)c1ccc2c(c1)CCCN2. The first-order valence-corrected chi connectivity index (χ1v) is 6.53. The summed E-state index contributed by atoms with van der Waals surface area (Å²) < 4.78 is 0. The fourth-order valence-corrected chi connectivity index (χ4v) is 2.16. The highest BCUT2D eigenvalue weighted by molar-refractivity contribution is 5.95. The third-order valence-corrected chi connectivity index (χ3v) is 3.35. The van der Waals surface area contributed by atoms with Crippen molar-refractivity contribution in [1.29, 1.82) is 0 Å². The lowest BCUT2D eigenvalue weighted by Gasteiger charge is -2.19. The van der Waals surface area contributed by atoms with E-state index >= 15 is 0 Å². The van der Waals surface area contributed by atoms with Crippen LogP contribution in [-0.4, -0.2) is 30.2 Å². The first kappa shape index (κ1) is 12.9. The van der Waals surface area contributed by atoms with Crippen LogP contribution >= 0.6 is 0 Å². The number of aliphatic hydroxyl groups is 1. The summed E-state index contributed by atoms with van der Waals surface area (Å²) in [6.45, 7) is 2.92. The molecule has 1 aliphatic heterocycles. The molecule has 0 bridgehead atoms. The van der Waals surface area contributed by atoms with E-state index in [1.165, 1.54) is 5.56 Å². The maximum absolute atomic E-state index is 12.0. The van der Waals surface area contributed by atoms with Crippen molar-refractivity contribution < 1.29 is 9.90 Å². The van der Waals surface area contributed by atoms with Gasteiger partial charge in [-0.25, -0.2) is 0 Å². The zero-order valence-corrected chi connectivity index (χ0v) is 10.7. The van der Waals surface area contributed by atoms with Crippen LogP contribution in [0.25, 0.3) is 0 Å². The molecule has 0 spiro atoms. The van der Waals surface area contributed by atoms with E-state index in [-0.39, 0.29) is 18.6 Å². The molecule has 18 heavy (non-hydrogen) atoms. The number of rotatable bonds is 4. The van der Waals surface area contributed by atoms with Gasteiger partial charge in [0.1, 0.15) is 0 Å². The van der Waals surface area contributed by atoms with Crippen molar-refractivity contribution >= 4 is 11.6 Å². The molecule has 1 aromatic rings. The Labute approximate surface area is 107 Å². The maximum atomic E-state index is 12.0. The fraction of sp³-hybridized carbons (Fsp3) is 0.500. The van der Waals surface area contributed by atoms with Crippen LogP contribution < -0.4 is 10.6 Å². The van der Waals surface area contributed by atoms with E-state index < -0.39 is 0 Å². The second kappa shape index (κ2) is 5.87. The zero-order chi connectivity index (χ0) is 13.0. The van der Waals surface area contributed by atoms with Gasteiger partial charge in [0, 0.05) is 17.8 Å². The molecule has 0 saturated heterocycles. The van der Waals surface area contributed by atoms with Crippen LogP contribution in [-0.2, 0) is 6.42 Å². The Kier molecular flexibility index (Phi) is 4.20. The topological polar surface area (TPSA) is 61.4 Å². The van der Waals surface area contributed by atoms with E-state index in [2.05, 4.69) is 10.6 Å². The van der Waals surface area contributed by atoms with Crippen LogP contribution in [0.4, 0.5) is 5.69 Å². The van der Waals surface area contributed by atoms with Crippen molar-refractivity contribution in [3.63, 3.8) is 0 Å². The molecule has 3 N–H and O–H groups in total. The third kappa shape index (κ3) is 2.82. The summed E-state index contributed by atoms with van der Waals surface area (Å²) in [5.41, 5.74) is 3.00. The van der Waals surface area contributed by atoms with Crippen LogP contribution in [0, 0.1) is 0 Å². The summed E-state index contributed by atoms with van der Waals surface area (Å²) >= 11 is 0. The Morgan fingerprint density at radius 1 is 1.56 bits per heavy atom. The van der Waals surface area contributed by atoms with Crippen LogP contribution in [0.1, 0.15) is 35.7 Å². The molecule has 1 heterocycles. The molecule has 2 rings (SSSR count). The van der Waals surface area contributed by atoms with E-state index in [0.29, 0.717) is 5.56 Å². The third-order valence-electron chi connectivity index (χ3n) is 3.35. The van der Waals surface area contributed by atoms with Gasteiger partial charge in [-0.2, -0.15) is 0 Å². The normalized spacial score (nSPS) is 15.4. The number of fused-ring (bicyclic) bond motifs is 1. The molecule has 0 fully saturated rings. The molecule has 0 saturated carbocycles. The fourth-order valence-electron chi connectivity index (χ4n) is 2.16. The van der Waals surface area contributed by atoms with E-state index in [1.54, 1.807) is 0 Å². The average Bonchev–Trinajstić information content (AvgIpc) is 2.44. The molecule has 0 aromatic heterocycles. The highest BCUT2D eigenvalue weighted by atomic mass is 16.3. The van der Waals surface area contributed by atoms with E-state index in [0.717, 1.165) is 31.5 Å². The first-order valence-electron chi connectivity index (χ1n) is 6.53. The van der Waals surface area contributed by atoms with Gasteiger partial charge < -0.3 is 15.7 Å². The van der Waals surface area contributed by atoms with Crippen molar-refractivity contribution in [2.45, 2.75) is 32.2 Å². The minimum absolute atomic E-state index is 0.0191. The van der Waals surface area contributed by atoms with E-state index in [1.807, 2.05) is 25.1 Å². The number of hydrogen-bond acceptors (Lipinski definition) is 3. The summed E-state index contributed by atoms with van der Waals surface area (Å²) in [4.78, 5) is 12.0. The molecule has 0 radical (unpaired) electrons. The summed E-state index contributed by atoms with van der Waals surface area (Å²) in [6.07, 6.45) is 2.85. The van der Waals surface area contributed by atoms with Gasteiger partial charge in [0.25, 0.3) is 5.91 Å². The van der Waals surface area contributed by atoms with Gasteiger partial charge in [-0.05, 0) is 43.0 Å². The highest BCUT2D eigenvalue weighted by Crippen LogP contribution is 2.22. The average molecular weight is 248 g/mol. The Morgan fingerprint density at radius 3 is 3.11 bits per heavy atom. The molecule has 4 heteroatoms. The van der Waals surface area contributed by atoms with Gasteiger partial charge in [-0.3, -0.25) is 4.79 Å². The number of carbonyl (C=O) groups is 1. The van der Waals surface area contributed by atoms with Crippen LogP contribution in [0.15, 0.2) is 18.2 Å². The van der Waals surface area contributed by atoms with Crippen molar-refractivity contribution in [2.24, 2.45) is 0 Å². The quantitative estimate of drug-likeness (QED) is 0.757. The lowest BCUT2D eigenvalue weighted by molar-refractivity contribution is 0.0915. The van der Waals surface area contributed by atoms with Gasteiger partial charge >= 0.3 is 0 Å². The standard InChI is InChI=1S/C14H20N2O2/c1-2-12(9-17)16-14(18)11-5-6-13-10(8-11)4-3-7-15-13/h5-6,8,12,15,17H,2-4,7,9H2,1H3,(H,16,18). The largest absolute Gasteiger partial charge is 0.394 e. The molecule has 1 amide bonds. The van der Waals surface area contributed by atoms with Gasteiger partial charge in [-0.15, -0.1) is 0 Å². The van der Waals surface area contributed by atoms with Crippen LogP contribution in [0.5, 0.6) is 0 Å². The van der Waals surface area contributed by atoms with Crippen LogP contribution in [0.2, 0.25) is 0 Å². The number of anilines is 1. The number of carbonyl (C=O) groups excluding carboxylic acids is 1. The molecule has 0 aliphatic carbocycles. The molecule has 1 atom stereocenters. The summed E-state index contributed by atoms with van der Waals surface area (Å²) in [5.74, 6) is -0.107. The van der Waals surface area contributed by atoms with Gasteiger partial charge in [0.2, 0.25) is 0 Å². The minimum Gasteiger partial charge on any atom is -0.394 e. The number of amides is 1. The molecular formula is C14H20N2O2. The Bertz CT molecular complexity index is 428. The van der Waals surface area contributed by atoms with E-state index in [9.17, 15) is 4.79 Å². The molecular weight excluding hydrogens is 228 g/mol. The first-order chi connectivity index (χ1) is 8.74. The van der Waals surface area contributed by atoms with Crippen molar-refractivity contribution in [3.8, 4) is 0 Å². The number of aryl methyl sites for hydroxylation is 1. The number of aliphatic hydroxyl groups excluding tert-OH is 1. The Morgan fingerprint density at radius 2 is 2.39 bits per heavy atom. The molecule has 4 nitrogen and oxygen atoms in total. The van der Waals surface area contributed by atoms with Gasteiger partial charge in [-0.1, -0.05) is 6.92 Å². The second-order valence-corrected chi connectivity index (χ2v) is 4.66. The van der Waals surface area contributed by atoms with Gasteiger partial charge in [0.15, 0.2) is 0 Å². The number of hydrogen-bond donors (Lipinski definition) is 3. The van der Waals surface area contributed by atoms with Gasteiger partial charge in [0.05, 0.1) is 12.6 Å². The monoisotopic (exact) mass is 248 g/mol. The number of nitrogens with one attached hydrogen (secondary N) is 2. The molecule has 1 unspecified atom stereocenters. The molecule has 1 aromatic carbocycles. The predicted molar refractivity (Wildman–Crippen MR) is 71.9 cm³/mol. The lowest BCUT2D eigenvalue weighted by Crippen LogP contribution is -2.37. The summed E-state index contributed by atoms with van der Waals surface area (Å²) in [6, 6.07) is 5.58. The second-order valence-electron chi connectivity index (χ2n) is 4.66. The molecule has 1 aliphatic rings. The summed E-state index contributed by atoms with van der Waals surface area (Å²) in [5, 5.41) is 15.2. The van der Waals surface area contributed by atoms with Crippen molar-refractivity contribution in [1.82, 2.24) is 5.32 Å². The van der Waals surface area contributed by atoms with Crippen molar-refractivity contribution in [2.75, 3.05) is 18.5 Å². The smallest absolute Gasteiger partial charge is 0.251 e. The predicted octanol–water partition coefficient (Wildman–Crippen LogP) is 1.55. The maximum Gasteiger partial charge on any atom is 0.251 e. The van der Waals surface area contributed by atoms with Crippen LogP contribution in [0.3, 0.4) is 0 Å². The lowest BCUT2D eigenvalue weighted by atomic mass is 10.0. The Balaban J connectivity index is 2.11. The highest BCUT2D eigenvalue weighted by Gasteiger charge is 2.14. The molecule has 98 valence electrons. The summed E-state index contributed by atoms with van der Waals surface area (Å²) in [7, 11) is 0. The van der Waals surface area contributed by atoms with E-state index in [4.69, 9.17) is 5.11 Å². The Hall–Kier alpha value is -1.55. The van der Waals surface area contributed by atoms with Crippen molar-refractivity contribution in [3.05, 3.63) is 29.3 Å². The number of benzene rings is 1.